The van der Waals surface area contributed by atoms with Crippen molar-refractivity contribution in [2.45, 2.75) is 52.5 Å². The average molecular weight is 471 g/mol. The van der Waals surface area contributed by atoms with E-state index in [1.54, 1.807) is 23.5 Å². The first-order chi connectivity index (χ1) is 15.7. The number of benzene rings is 1. The van der Waals surface area contributed by atoms with Gasteiger partial charge in [0.2, 0.25) is 5.91 Å². The van der Waals surface area contributed by atoms with Gasteiger partial charge in [0.25, 0.3) is 0 Å². The van der Waals surface area contributed by atoms with E-state index in [4.69, 9.17) is 9.72 Å². The molecule has 176 valence electrons. The molecular weight excluding hydrogens is 439 g/mol. The smallest absolute Gasteiger partial charge is 0.226 e. The lowest BCUT2D eigenvalue weighted by atomic mass is 10.0. The average Bonchev–Trinajstić information content (AvgIpc) is 3.38. The third-order valence-corrected chi connectivity index (χ3v) is 6.95. The highest BCUT2D eigenvalue weighted by Crippen LogP contribution is 2.38. The number of thiazole rings is 1. The topological polar surface area (TPSA) is 69.0 Å². The molecule has 0 spiro atoms. The van der Waals surface area contributed by atoms with Gasteiger partial charge in [-0.1, -0.05) is 0 Å². The Kier molecular flexibility index (Phi) is 6.95. The van der Waals surface area contributed by atoms with E-state index in [1.807, 2.05) is 17.8 Å². The molecule has 1 saturated heterocycles. The van der Waals surface area contributed by atoms with E-state index >= 15 is 0 Å². The molecule has 0 radical (unpaired) electrons. The number of nitrogens with one attached hydrogen (secondary N) is 1. The van der Waals surface area contributed by atoms with Gasteiger partial charge in [-0.3, -0.25) is 9.48 Å². The van der Waals surface area contributed by atoms with Crippen molar-refractivity contribution in [1.29, 1.82) is 0 Å². The minimum Gasteiger partial charge on any atom is -0.381 e. The highest BCUT2D eigenvalue weighted by atomic mass is 32.1. The zero-order chi connectivity index (χ0) is 23.6. The molecule has 0 unspecified atom stereocenters. The van der Waals surface area contributed by atoms with Crippen LogP contribution in [-0.4, -0.2) is 40.4 Å². The first-order valence-electron chi connectivity index (χ1n) is 11.4. The predicted molar refractivity (Wildman–Crippen MR) is 129 cm³/mol. The summed E-state index contributed by atoms with van der Waals surface area (Å²) in [6.45, 7) is 10.5. The van der Waals surface area contributed by atoms with Gasteiger partial charge in [-0.25, -0.2) is 9.37 Å². The van der Waals surface area contributed by atoms with Gasteiger partial charge in [-0.15, -0.1) is 11.3 Å². The summed E-state index contributed by atoms with van der Waals surface area (Å²) in [5.74, 6) is 0.197. The number of aromatic nitrogens is 3. The van der Waals surface area contributed by atoms with Gasteiger partial charge < -0.3 is 10.1 Å². The van der Waals surface area contributed by atoms with Crippen LogP contribution in [0.2, 0.25) is 0 Å². The number of halogens is 1. The number of nitrogens with zero attached hydrogens (tertiary/aromatic N) is 3. The second-order valence-corrected chi connectivity index (χ2v) is 10.8. The van der Waals surface area contributed by atoms with Crippen LogP contribution in [0, 0.1) is 18.7 Å². The maximum absolute atomic E-state index is 13.6. The maximum Gasteiger partial charge on any atom is 0.226 e. The molecule has 6 nitrogen and oxygen atoms in total. The summed E-state index contributed by atoms with van der Waals surface area (Å²) in [6.07, 6.45) is 4.05. The van der Waals surface area contributed by atoms with Gasteiger partial charge >= 0.3 is 0 Å². The molecule has 1 N–H and O–H groups in total. The van der Waals surface area contributed by atoms with E-state index in [-0.39, 0.29) is 23.7 Å². The van der Waals surface area contributed by atoms with Crippen LogP contribution < -0.4 is 5.32 Å². The molecule has 1 aromatic carbocycles. The second kappa shape index (κ2) is 9.73. The predicted octanol–water partition coefficient (Wildman–Crippen LogP) is 4.96. The normalized spacial score (nSPS) is 15.1. The lowest BCUT2D eigenvalue weighted by molar-refractivity contribution is -0.120. The van der Waals surface area contributed by atoms with Crippen molar-refractivity contribution in [3.63, 3.8) is 0 Å². The minimum atomic E-state index is -0.277. The molecule has 33 heavy (non-hydrogen) atoms. The van der Waals surface area contributed by atoms with Gasteiger partial charge in [-0.2, -0.15) is 5.10 Å². The van der Waals surface area contributed by atoms with Crippen molar-refractivity contribution in [3.8, 4) is 21.8 Å². The first kappa shape index (κ1) is 23.6. The molecule has 0 bridgehead atoms. The highest BCUT2D eigenvalue weighted by Gasteiger charge is 2.25. The molecule has 4 rings (SSSR count). The summed E-state index contributed by atoms with van der Waals surface area (Å²) in [4.78, 5) is 18.4. The van der Waals surface area contributed by atoms with Crippen LogP contribution in [0.25, 0.3) is 21.8 Å². The lowest BCUT2D eigenvalue weighted by Gasteiger charge is -2.23. The lowest BCUT2D eigenvalue weighted by Crippen LogP contribution is -2.33. The molecule has 0 saturated carbocycles. The Morgan fingerprint density at radius 2 is 1.94 bits per heavy atom. The number of hydrogen-bond acceptors (Lipinski definition) is 5. The van der Waals surface area contributed by atoms with Crippen molar-refractivity contribution >= 4 is 17.2 Å². The molecule has 1 aliphatic rings. The summed E-state index contributed by atoms with van der Waals surface area (Å²) in [6, 6.07) is 6.45. The molecule has 2 aromatic heterocycles. The molecule has 1 aliphatic heterocycles. The van der Waals surface area contributed by atoms with Crippen molar-refractivity contribution < 1.29 is 13.9 Å². The third kappa shape index (κ3) is 5.50. The van der Waals surface area contributed by atoms with Crippen molar-refractivity contribution in [3.05, 3.63) is 46.9 Å². The summed E-state index contributed by atoms with van der Waals surface area (Å²) in [5.41, 5.74) is 3.18. The van der Waals surface area contributed by atoms with Crippen molar-refractivity contribution in [2.75, 3.05) is 19.8 Å². The molecule has 3 heterocycles. The van der Waals surface area contributed by atoms with Crippen LogP contribution in [0.3, 0.4) is 0 Å². The summed E-state index contributed by atoms with van der Waals surface area (Å²) in [7, 11) is 0. The zero-order valence-corrected chi connectivity index (χ0v) is 20.5. The van der Waals surface area contributed by atoms with Crippen LogP contribution in [0.4, 0.5) is 4.39 Å². The van der Waals surface area contributed by atoms with Crippen LogP contribution in [0.1, 0.15) is 44.2 Å². The first-order valence-corrected chi connectivity index (χ1v) is 12.2. The van der Waals surface area contributed by atoms with E-state index in [2.05, 4.69) is 31.2 Å². The Morgan fingerprint density at radius 3 is 2.61 bits per heavy atom. The quantitative estimate of drug-likeness (QED) is 0.553. The van der Waals surface area contributed by atoms with E-state index in [9.17, 15) is 9.18 Å². The molecule has 3 aromatic rings. The monoisotopic (exact) mass is 470 g/mol. The van der Waals surface area contributed by atoms with Crippen LogP contribution in [-0.2, 0) is 21.5 Å². The van der Waals surface area contributed by atoms with Gasteiger partial charge in [0.1, 0.15) is 10.8 Å². The molecule has 8 heteroatoms. The molecule has 0 aliphatic carbocycles. The summed E-state index contributed by atoms with van der Waals surface area (Å²) >= 11 is 1.56. The number of ether oxygens (including phenoxy) is 1. The zero-order valence-electron chi connectivity index (χ0n) is 19.7. The summed E-state index contributed by atoms with van der Waals surface area (Å²) < 4.78 is 20.9. The number of rotatable bonds is 6. The number of hydrogen-bond donors (Lipinski definition) is 1. The SMILES string of the molecule is Cc1sc(-c2cnn(C(C)(C)C)c2-c2ccc(F)cc2)nc1CC(=O)NCC1CCOCC1. The Hall–Kier alpha value is -2.58. The van der Waals surface area contributed by atoms with Crippen molar-refractivity contribution in [1.82, 2.24) is 20.1 Å². The van der Waals surface area contributed by atoms with E-state index in [0.29, 0.717) is 12.5 Å². The number of carbonyl (C=O) groups excluding carboxylic acids is 1. The van der Waals surface area contributed by atoms with E-state index in [0.717, 1.165) is 58.5 Å². The van der Waals surface area contributed by atoms with Crippen LogP contribution >= 0.6 is 11.3 Å². The molecular formula is C25H31FN4O2S. The fraction of sp³-hybridized carbons (Fsp3) is 0.480. The highest BCUT2D eigenvalue weighted by molar-refractivity contribution is 7.15. The van der Waals surface area contributed by atoms with Crippen molar-refractivity contribution in [2.24, 2.45) is 5.92 Å². The standard InChI is InChI=1S/C25H31FN4O2S/c1-16-21(13-22(31)27-14-17-9-11-32-12-10-17)29-24(33-16)20-15-28-30(25(2,3)4)23(20)18-5-7-19(26)8-6-18/h5-8,15,17H,9-14H2,1-4H3,(H,27,31). The van der Waals surface area contributed by atoms with Gasteiger partial charge in [0, 0.05) is 30.2 Å². The van der Waals surface area contributed by atoms with E-state index in [1.165, 1.54) is 12.1 Å². The number of aryl methyl sites for hydroxylation is 1. The fourth-order valence-electron chi connectivity index (χ4n) is 4.03. The Balaban J connectivity index is 1.57. The Bertz CT molecular complexity index is 1110. The van der Waals surface area contributed by atoms with Crippen LogP contribution in [0.15, 0.2) is 30.5 Å². The van der Waals surface area contributed by atoms with Gasteiger partial charge in [-0.05, 0) is 70.7 Å². The largest absolute Gasteiger partial charge is 0.381 e. The molecule has 0 atom stereocenters. The molecule has 1 fully saturated rings. The molecule has 1 amide bonds. The van der Waals surface area contributed by atoms with Crippen LogP contribution in [0.5, 0.6) is 0 Å². The number of amides is 1. The maximum atomic E-state index is 13.6. The second-order valence-electron chi connectivity index (χ2n) is 9.55. The Morgan fingerprint density at radius 1 is 1.24 bits per heavy atom. The van der Waals surface area contributed by atoms with Gasteiger partial charge in [0.15, 0.2) is 0 Å². The van der Waals surface area contributed by atoms with Gasteiger partial charge in [0.05, 0.1) is 35.1 Å². The minimum absolute atomic E-state index is 0.00872. The van der Waals surface area contributed by atoms with E-state index < -0.39 is 0 Å². The third-order valence-electron chi connectivity index (χ3n) is 5.90. The summed E-state index contributed by atoms with van der Waals surface area (Å²) in [5, 5.41) is 8.52. The Labute approximate surface area is 198 Å². The fourth-order valence-corrected chi connectivity index (χ4v) is 4.97. The number of carbonyl (C=O) groups is 1.